The van der Waals surface area contributed by atoms with Crippen molar-refractivity contribution in [2.45, 2.75) is 33.6 Å². The van der Waals surface area contributed by atoms with Gasteiger partial charge in [-0.05, 0) is 57.4 Å². The van der Waals surface area contributed by atoms with E-state index in [1.165, 1.54) is 16.2 Å². The Bertz CT molecular complexity index is 1280. The molecule has 0 fully saturated rings. The van der Waals surface area contributed by atoms with Crippen molar-refractivity contribution >= 4 is 40.4 Å². The number of anilines is 2. The van der Waals surface area contributed by atoms with E-state index in [0.29, 0.717) is 61.9 Å². The van der Waals surface area contributed by atoms with Crippen molar-refractivity contribution in [3.8, 4) is 5.75 Å². The maximum atomic E-state index is 13.1. The Morgan fingerprint density at radius 3 is 2.63 bits per heavy atom. The molecule has 0 atom stereocenters. The molecule has 10 heteroatoms. The standard InChI is InChI=1S/C28H33N5O4S/c1-5-33-23-10-9-21(16-24(23)31(4)26(35)28(2,3)27(33)36)37-15-7-13-32(25(34)22-18-38-19-30-22)14-11-20-8-6-12-29-17-20/h6,8-10,12,16-19H,5,7,11,13-15H2,1-4H3. The van der Waals surface area contributed by atoms with Crippen LogP contribution in [0.15, 0.2) is 53.6 Å². The van der Waals surface area contributed by atoms with Gasteiger partial charge < -0.3 is 19.4 Å². The van der Waals surface area contributed by atoms with Crippen molar-refractivity contribution in [2.75, 3.05) is 43.1 Å². The summed E-state index contributed by atoms with van der Waals surface area (Å²) in [7, 11) is 1.68. The molecule has 0 bridgehead atoms. The highest BCUT2D eigenvalue weighted by Crippen LogP contribution is 2.40. The molecule has 4 rings (SSSR count). The highest BCUT2D eigenvalue weighted by molar-refractivity contribution is 7.07. The molecule has 3 aromatic rings. The third-order valence-corrected chi connectivity index (χ3v) is 7.29. The molecule has 3 heterocycles. The van der Waals surface area contributed by atoms with Crippen LogP contribution >= 0.6 is 11.3 Å². The predicted octanol–water partition coefficient (Wildman–Crippen LogP) is 4.05. The van der Waals surface area contributed by atoms with E-state index in [0.717, 1.165) is 5.56 Å². The molecule has 0 unspecified atom stereocenters. The number of rotatable bonds is 10. The van der Waals surface area contributed by atoms with Crippen LogP contribution in [-0.4, -0.2) is 65.9 Å². The first kappa shape index (κ1) is 27.3. The molecule has 1 aliphatic heterocycles. The van der Waals surface area contributed by atoms with Crippen molar-refractivity contribution in [1.29, 1.82) is 0 Å². The van der Waals surface area contributed by atoms with Gasteiger partial charge in [-0.3, -0.25) is 19.4 Å². The Balaban J connectivity index is 1.42. The SMILES string of the molecule is CCN1C(=O)C(C)(C)C(=O)N(C)c2cc(OCCCN(CCc3cccnc3)C(=O)c3cscn3)ccc21. The zero-order chi connectivity index (χ0) is 27.3. The van der Waals surface area contributed by atoms with Crippen molar-refractivity contribution in [1.82, 2.24) is 14.9 Å². The summed E-state index contributed by atoms with van der Waals surface area (Å²) in [6.45, 7) is 7.10. The summed E-state index contributed by atoms with van der Waals surface area (Å²) in [5, 5.41) is 1.76. The lowest BCUT2D eigenvalue weighted by atomic mass is 9.90. The zero-order valence-corrected chi connectivity index (χ0v) is 23.0. The lowest BCUT2D eigenvalue weighted by Crippen LogP contribution is -2.47. The second-order valence-electron chi connectivity index (χ2n) is 9.67. The smallest absolute Gasteiger partial charge is 0.273 e. The first-order valence-corrected chi connectivity index (χ1v) is 13.6. The van der Waals surface area contributed by atoms with Gasteiger partial charge in [0.2, 0.25) is 11.8 Å². The van der Waals surface area contributed by atoms with E-state index in [4.69, 9.17) is 4.74 Å². The van der Waals surface area contributed by atoms with Gasteiger partial charge in [-0.15, -0.1) is 11.3 Å². The Morgan fingerprint density at radius 1 is 1.13 bits per heavy atom. The molecule has 3 amide bonds. The summed E-state index contributed by atoms with van der Waals surface area (Å²) in [6, 6.07) is 9.31. The Labute approximate surface area is 227 Å². The van der Waals surface area contributed by atoms with Crippen LogP contribution in [0.25, 0.3) is 0 Å². The number of pyridine rings is 1. The van der Waals surface area contributed by atoms with E-state index in [9.17, 15) is 14.4 Å². The number of amides is 3. The van der Waals surface area contributed by atoms with Gasteiger partial charge in [0.25, 0.3) is 5.91 Å². The van der Waals surface area contributed by atoms with Gasteiger partial charge in [0.1, 0.15) is 16.9 Å². The number of ether oxygens (including phenoxy) is 1. The normalized spacial score (nSPS) is 14.7. The molecule has 200 valence electrons. The topological polar surface area (TPSA) is 95.9 Å². The Hall–Kier alpha value is -3.79. The maximum absolute atomic E-state index is 13.1. The minimum Gasteiger partial charge on any atom is -0.493 e. The highest BCUT2D eigenvalue weighted by atomic mass is 32.1. The molecule has 0 aliphatic carbocycles. The van der Waals surface area contributed by atoms with Crippen molar-refractivity contribution in [3.63, 3.8) is 0 Å². The van der Waals surface area contributed by atoms with Crippen LogP contribution in [0.3, 0.4) is 0 Å². The van der Waals surface area contributed by atoms with Crippen molar-refractivity contribution in [2.24, 2.45) is 5.41 Å². The number of fused-ring (bicyclic) bond motifs is 1. The van der Waals surface area contributed by atoms with E-state index in [1.54, 1.807) is 53.8 Å². The number of nitrogens with zero attached hydrogens (tertiary/aromatic N) is 5. The number of carbonyl (C=O) groups is 3. The maximum Gasteiger partial charge on any atom is 0.273 e. The first-order valence-electron chi connectivity index (χ1n) is 12.7. The third-order valence-electron chi connectivity index (χ3n) is 6.71. The van der Waals surface area contributed by atoms with Crippen LogP contribution in [-0.2, 0) is 16.0 Å². The predicted molar refractivity (Wildman–Crippen MR) is 148 cm³/mol. The summed E-state index contributed by atoms with van der Waals surface area (Å²) in [4.78, 5) is 52.5. The molecule has 0 saturated heterocycles. The average molecular weight is 536 g/mol. The minimum absolute atomic E-state index is 0.104. The molecule has 1 aliphatic rings. The minimum atomic E-state index is -1.16. The largest absolute Gasteiger partial charge is 0.493 e. The van der Waals surface area contributed by atoms with E-state index in [2.05, 4.69) is 9.97 Å². The van der Waals surface area contributed by atoms with Crippen LogP contribution in [0.2, 0.25) is 0 Å². The number of benzene rings is 1. The lowest BCUT2D eigenvalue weighted by molar-refractivity contribution is -0.137. The molecule has 2 aromatic heterocycles. The molecule has 0 saturated carbocycles. The molecule has 9 nitrogen and oxygen atoms in total. The summed E-state index contributed by atoms with van der Waals surface area (Å²) < 4.78 is 6.02. The zero-order valence-electron chi connectivity index (χ0n) is 22.2. The van der Waals surface area contributed by atoms with Gasteiger partial charge in [0, 0.05) is 50.5 Å². The van der Waals surface area contributed by atoms with Crippen LogP contribution < -0.4 is 14.5 Å². The van der Waals surface area contributed by atoms with Gasteiger partial charge >= 0.3 is 0 Å². The van der Waals surface area contributed by atoms with Crippen LogP contribution in [0.5, 0.6) is 5.75 Å². The number of aromatic nitrogens is 2. The van der Waals surface area contributed by atoms with Gasteiger partial charge in [0.15, 0.2) is 0 Å². The summed E-state index contributed by atoms with van der Waals surface area (Å²) in [6.07, 6.45) is 4.84. The summed E-state index contributed by atoms with van der Waals surface area (Å²) in [5.41, 5.74) is 3.31. The first-order chi connectivity index (χ1) is 18.2. The molecule has 0 radical (unpaired) electrons. The Kier molecular flexibility index (Phi) is 8.41. The van der Waals surface area contributed by atoms with Crippen LogP contribution in [0, 0.1) is 5.41 Å². The molecular formula is C28H33N5O4S. The van der Waals surface area contributed by atoms with Gasteiger partial charge in [-0.25, -0.2) is 4.98 Å². The lowest BCUT2D eigenvalue weighted by Gasteiger charge is -2.27. The molecule has 0 spiro atoms. The monoisotopic (exact) mass is 535 g/mol. The number of thiazole rings is 1. The number of carbonyl (C=O) groups excluding carboxylic acids is 3. The third kappa shape index (κ3) is 5.70. The summed E-state index contributed by atoms with van der Waals surface area (Å²) >= 11 is 1.39. The quantitative estimate of drug-likeness (QED) is 0.287. The van der Waals surface area contributed by atoms with E-state index >= 15 is 0 Å². The number of hydrogen-bond acceptors (Lipinski definition) is 7. The van der Waals surface area contributed by atoms with Crippen molar-refractivity contribution in [3.05, 3.63) is 64.9 Å². The Morgan fingerprint density at radius 2 is 1.95 bits per heavy atom. The fourth-order valence-electron chi connectivity index (χ4n) is 4.52. The molecule has 38 heavy (non-hydrogen) atoms. The van der Waals surface area contributed by atoms with Gasteiger partial charge in [-0.2, -0.15) is 0 Å². The fourth-order valence-corrected chi connectivity index (χ4v) is 5.05. The van der Waals surface area contributed by atoms with E-state index in [1.807, 2.05) is 37.4 Å². The van der Waals surface area contributed by atoms with Gasteiger partial charge in [-0.1, -0.05) is 6.07 Å². The molecular weight excluding hydrogens is 502 g/mol. The van der Waals surface area contributed by atoms with Crippen LogP contribution in [0.1, 0.15) is 43.2 Å². The van der Waals surface area contributed by atoms with Crippen molar-refractivity contribution < 1.29 is 19.1 Å². The fraction of sp³-hybridized carbons (Fsp3) is 0.393. The molecule has 1 aromatic carbocycles. The molecule has 0 N–H and O–H groups in total. The van der Waals surface area contributed by atoms with Gasteiger partial charge in [0.05, 0.1) is 23.5 Å². The van der Waals surface area contributed by atoms with E-state index in [-0.39, 0.29) is 17.7 Å². The number of hydrogen-bond donors (Lipinski definition) is 0. The second-order valence-corrected chi connectivity index (χ2v) is 10.4. The van der Waals surface area contributed by atoms with Crippen LogP contribution in [0.4, 0.5) is 11.4 Å². The second kappa shape index (κ2) is 11.7. The highest BCUT2D eigenvalue weighted by Gasteiger charge is 2.45. The average Bonchev–Trinajstić information content (AvgIpc) is 3.46. The van der Waals surface area contributed by atoms with E-state index < -0.39 is 5.41 Å². The summed E-state index contributed by atoms with van der Waals surface area (Å²) in [5.74, 6) is 0.00803.